The largest absolute Gasteiger partial charge is 0.494 e. The topological polar surface area (TPSA) is 72.3 Å². The molecule has 0 atom stereocenters. The molecule has 1 N–H and O–H groups in total. The third-order valence-electron chi connectivity index (χ3n) is 1.94. The highest BCUT2D eigenvalue weighted by molar-refractivity contribution is 5.78. The fraction of sp³-hybridized carbons (Fsp3) is 0.200. The first-order chi connectivity index (χ1) is 7.20. The molecule has 1 aromatic carbocycles. The lowest BCUT2D eigenvalue weighted by Gasteiger charge is -2.02. The van der Waals surface area contributed by atoms with E-state index in [9.17, 15) is 9.59 Å². The molecule has 0 amide bonds. The summed E-state index contributed by atoms with van der Waals surface area (Å²) in [5.74, 6) is -0.180. The second-order valence-electron chi connectivity index (χ2n) is 2.94. The van der Waals surface area contributed by atoms with E-state index in [0.717, 1.165) is 0 Å². The number of fused-ring (bicyclic) bond motifs is 1. The molecule has 0 spiro atoms. The minimum atomic E-state index is -0.753. The Kier molecular flexibility index (Phi) is 2.29. The highest BCUT2D eigenvalue weighted by Crippen LogP contribution is 2.15. The molecule has 2 aromatic rings. The average molecular weight is 207 g/mol. The van der Waals surface area contributed by atoms with E-state index in [1.807, 2.05) is 6.92 Å². The normalized spacial score (nSPS) is 10.5. The second kappa shape index (κ2) is 3.61. The van der Waals surface area contributed by atoms with E-state index in [2.05, 4.69) is 9.40 Å². The Balaban J connectivity index is 2.71. The molecule has 0 aliphatic carbocycles. The lowest BCUT2D eigenvalue weighted by atomic mass is 10.2. The van der Waals surface area contributed by atoms with Crippen molar-refractivity contribution in [2.75, 3.05) is 6.61 Å². The van der Waals surface area contributed by atoms with E-state index in [1.165, 1.54) is 0 Å². The summed E-state index contributed by atoms with van der Waals surface area (Å²) in [7, 11) is 0. The average Bonchev–Trinajstić information content (AvgIpc) is 2.19. The standard InChI is InChI=1S/C10H9NO4/c1-2-14-6-3-4-8-7(5-6)9(12)15-10(13)11-8/h3-5H,2H2,1H3,(H,11,13). The Morgan fingerprint density at radius 2 is 2.20 bits per heavy atom. The van der Waals surface area contributed by atoms with E-state index in [4.69, 9.17) is 4.74 Å². The summed E-state index contributed by atoms with van der Waals surface area (Å²) in [6.07, 6.45) is 0. The van der Waals surface area contributed by atoms with Gasteiger partial charge in [0.15, 0.2) is 0 Å². The Morgan fingerprint density at radius 1 is 1.40 bits per heavy atom. The van der Waals surface area contributed by atoms with Gasteiger partial charge in [-0.05, 0) is 25.1 Å². The van der Waals surface area contributed by atoms with Gasteiger partial charge in [0.2, 0.25) is 0 Å². The molecule has 1 heterocycles. The van der Waals surface area contributed by atoms with Gasteiger partial charge in [-0.2, -0.15) is 0 Å². The predicted octanol–water partition coefficient (Wildman–Crippen LogP) is 0.880. The van der Waals surface area contributed by atoms with Crippen LogP contribution >= 0.6 is 0 Å². The predicted molar refractivity (Wildman–Crippen MR) is 54.3 cm³/mol. The summed E-state index contributed by atoms with van der Waals surface area (Å²) < 4.78 is 9.63. The number of aromatic amines is 1. The van der Waals surface area contributed by atoms with Crippen molar-refractivity contribution in [2.24, 2.45) is 0 Å². The van der Waals surface area contributed by atoms with Crippen LogP contribution < -0.4 is 16.1 Å². The number of hydrogen-bond acceptors (Lipinski definition) is 4. The van der Waals surface area contributed by atoms with Gasteiger partial charge in [-0.1, -0.05) is 0 Å². The maximum atomic E-state index is 11.3. The van der Waals surface area contributed by atoms with Crippen LogP contribution in [0.3, 0.4) is 0 Å². The summed E-state index contributed by atoms with van der Waals surface area (Å²) in [6, 6.07) is 4.83. The van der Waals surface area contributed by atoms with Gasteiger partial charge in [-0.3, -0.25) is 4.98 Å². The van der Waals surface area contributed by atoms with Crippen molar-refractivity contribution in [1.29, 1.82) is 0 Å². The van der Waals surface area contributed by atoms with Gasteiger partial charge in [0, 0.05) is 0 Å². The SMILES string of the molecule is CCOc1ccc2[nH]c(=O)oc(=O)c2c1. The van der Waals surface area contributed by atoms with E-state index in [0.29, 0.717) is 23.3 Å². The summed E-state index contributed by atoms with van der Waals surface area (Å²) in [6.45, 7) is 2.36. The zero-order valence-electron chi connectivity index (χ0n) is 8.07. The molecule has 0 radical (unpaired) electrons. The van der Waals surface area contributed by atoms with Gasteiger partial charge in [-0.25, -0.2) is 9.59 Å². The molecule has 2 rings (SSSR count). The van der Waals surface area contributed by atoms with Crippen molar-refractivity contribution in [3.05, 3.63) is 39.2 Å². The van der Waals surface area contributed by atoms with Gasteiger partial charge < -0.3 is 9.15 Å². The molecule has 0 fully saturated rings. The van der Waals surface area contributed by atoms with Crippen LogP contribution in [0.1, 0.15) is 6.92 Å². The van der Waals surface area contributed by atoms with E-state index < -0.39 is 11.4 Å². The molecule has 0 saturated heterocycles. The number of nitrogens with one attached hydrogen (secondary N) is 1. The molecule has 0 bridgehead atoms. The van der Waals surface area contributed by atoms with Crippen LogP contribution in [0, 0.1) is 0 Å². The van der Waals surface area contributed by atoms with Crippen molar-refractivity contribution >= 4 is 10.9 Å². The minimum Gasteiger partial charge on any atom is -0.494 e. The summed E-state index contributed by atoms with van der Waals surface area (Å²) in [5.41, 5.74) is -0.213. The van der Waals surface area contributed by atoms with Crippen molar-refractivity contribution < 1.29 is 9.15 Å². The third-order valence-corrected chi connectivity index (χ3v) is 1.94. The van der Waals surface area contributed by atoms with E-state index in [1.54, 1.807) is 18.2 Å². The van der Waals surface area contributed by atoms with E-state index in [-0.39, 0.29) is 0 Å². The van der Waals surface area contributed by atoms with Gasteiger partial charge >= 0.3 is 11.4 Å². The maximum Gasteiger partial charge on any atom is 0.419 e. The molecule has 0 saturated carbocycles. The van der Waals surface area contributed by atoms with Gasteiger partial charge in [0.05, 0.1) is 17.5 Å². The maximum absolute atomic E-state index is 11.3. The van der Waals surface area contributed by atoms with Gasteiger partial charge in [0.25, 0.3) is 0 Å². The first-order valence-corrected chi connectivity index (χ1v) is 4.50. The minimum absolute atomic E-state index is 0.306. The highest BCUT2D eigenvalue weighted by atomic mass is 16.5. The van der Waals surface area contributed by atoms with Crippen LogP contribution in [0.2, 0.25) is 0 Å². The molecule has 0 unspecified atom stereocenters. The number of benzene rings is 1. The number of hydrogen-bond donors (Lipinski definition) is 1. The van der Waals surface area contributed by atoms with E-state index >= 15 is 0 Å². The molecule has 15 heavy (non-hydrogen) atoms. The number of ether oxygens (including phenoxy) is 1. The number of H-pyrrole nitrogens is 1. The van der Waals surface area contributed by atoms with Crippen molar-refractivity contribution in [3.8, 4) is 5.75 Å². The second-order valence-corrected chi connectivity index (χ2v) is 2.94. The Bertz CT molecular complexity index is 596. The summed E-state index contributed by atoms with van der Waals surface area (Å²) in [4.78, 5) is 24.6. The lowest BCUT2D eigenvalue weighted by Crippen LogP contribution is -2.14. The van der Waals surface area contributed by atoms with Crippen LogP contribution in [-0.2, 0) is 0 Å². The molecular formula is C10H9NO4. The molecule has 5 nitrogen and oxygen atoms in total. The first kappa shape index (κ1) is 9.51. The third kappa shape index (κ3) is 1.76. The number of aromatic nitrogens is 1. The zero-order chi connectivity index (χ0) is 10.8. The molecule has 1 aromatic heterocycles. The molecular weight excluding hydrogens is 198 g/mol. The Labute approximate surface area is 84.3 Å². The number of rotatable bonds is 2. The van der Waals surface area contributed by atoms with Crippen LogP contribution in [0.5, 0.6) is 5.75 Å². The quantitative estimate of drug-likeness (QED) is 0.793. The highest BCUT2D eigenvalue weighted by Gasteiger charge is 2.03. The fourth-order valence-electron chi connectivity index (χ4n) is 1.33. The van der Waals surface area contributed by atoms with Crippen molar-refractivity contribution in [2.45, 2.75) is 6.92 Å². The smallest absolute Gasteiger partial charge is 0.419 e. The van der Waals surface area contributed by atoms with Gasteiger partial charge in [-0.15, -0.1) is 0 Å². The van der Waals surface area contributed by atoms with Gasteiger partial charge in [0.1, 0.15) is 5.75 Å². The zero-order valence-corrected chi connectivity index (χ0v) is 8.07. The molecule has 78 valence electrons. The van der Waals surface area contributed by atoms with Crippen LogP contribution in [0.4, 0.5) is 0 Å². The van der Waals surface area contributed by atoms with Crippen LogP contribution in [0.15, 0.2) is 32.2 Å². The van der Waals surface area contributed by atoms with Crippen LogP contribution in [0.25, 0.3) is 10.9 Å². The molecule has 0 aliphatic heterocycles. The van der Waals surface area contributed by atoms with Crippen molar-refractivity contribution in [3.63, 3.8) is 0 Å². The first-order valence-electron chi connectivity index (χ1n) is 4.50. The molecule has 0 aliphatic rings. The monoisotopic (exact) mass is 207 g/mol. The lowest BCUT2D eigenvalue weighted by molar-refractivity contribution is 0.340. The molecule has 5 heteroatoms. The van der Waals surface area contributed by atoms with Crippen LogP contribution in [-0.4, -0.2) is 11.6 Å². The summed E-state index contributed by atoms with van der Waals surface area (Å²) in [5, 5.41) is 0.306. The Hall–Kier alpha value is -2.04. The fourth-order valence-corrected chi connectivity index (χ4v) is 1.33. The van der Waals surface area contributed by atoms with Crippen molar-refractivity contribution in [1.82, 2.24) is 4.98 Å². The Morgan fingerprint density at radius 3 is 2.93 bits per heavy atom. The summed E-state index contributed by atoms with van der Waals surface area (Å²) >= 11 is 0.